The molecule has 0 aromatic heterocycles. The van der Waals surface area contributed by atoms with Gasteiger partial charge in [-0.05, 0) is 12.1 Å². The first-order valence-corrected chi connectivity index (χ1v) is 4.09. The van der Waals surface area contributed by atoms with Crippen molar-refractivity contribution in [3.8, 4) is 0 Å². The molecule has 0 atom stereocenters. The maximum absolute atomic E-state index is 7.01. The molecule has 62 valence electrons. The largest absolute Gasteiger partial charge is 0.306 e. The molecular formula is C10H10ClN. The number of hydrogen-bond donors (Lipinski definition) is 0. The van der Waals surface area contributed by atoms with Crippen molar-refractivity contribution < 1.29 is 0 Å². The van der Waals surface area contributed by atoms with Gasteiger partial charge in [0.25, 0.3) is 5.54 Å². The lowest BCUT2D eigenvalue weighted by Gasteiger charge is -2.12. The van der Waals surface area contributed by atoms with E-state index in [1.165, 1.54) is 0 Å². The average molecular weight is 180 g/mol. The summed E-state index contributed by atoms with van der Waals surface area (Å²) in [6, 6.07) is 7.46. The van der Waals surface area contributed by atoms with Crippen LogP contribution in [0.4, 0.5) is 0 Å². The molecule has 0 N–H and O–H groups in total. The molecule has 1 nitrogen and oxygen atoms in total. The van der Waals surface area contributed by atoms with E-state index in [0.29, 0.717) is 5.02 Å². The molecule has 0 saturated carbocycles. The Morgan fingerprint density at radius 2 is 1.92 bits per heavy atom. The van der Waals surface area contributed by atoms with Crippen LogP contribution in [0.25, 0.3) is 4.85 Å². The van der Waals surface area contributed by atoms with Gasteiger partial charge < -0.3 is 4.85 Å². The van der Waals surface area contributed by atoms with Crippen LogP contribution < -0.4 is 0 Å². The van der Waals surface area contributed by atoms with Gasteiger partial charge in [0.05, 0.1) is 10.6 Å². The fraction of sp³-hybridized carbons (Fsp3) is 0.300. The Balaban J connectivity index is 3.22. The monoisotopic (exact) mass is 179 g/mol. The summed E-state index contributed by atoms with van der Waals surface area (Å²) in [6.07, 6.45) is 0. The summed E-state index contributed by atoms with van der Waals surface area (Å²) in [5.74, 6) is 0. The van der Waals surface area contributed by atoms with Crippen LogP contribution in [0.5, 0.6) is 0 Å². The molecule has 1 aromatic rings. The van der Waals surface area contributed by atoms with Crippen LogP contribution in [0.15, 0.2) is 24.3 Å². The van der Waals surface area contributed by atoms with E-state index in [0.717, 1.165) is 5.56 Å². The Morgan fingerprint density at radius 3 is 2.42 bits per heavy atom. The Hall–Kier alpha value is -1.00. The predicted octanol–water partition coefficient (Wildman–Crippen LogP) is 3.49. The molecule has 0 spiro atoms. The van der Waals surface area contributed by atoms with Gasteiger partial charge in [0.15, 0.2) is 0 Å². The minimum absolute atomic E-state index is 0.516. The van der Waals surface area contributed by atoms with Crippen LogP contribution in [-0.4, -0.2) is 0 Å². The summed E-state index contributed by atoms with van der Waals surface area (Å²) in [7, 11) is 0. The first kappa shape index (κ1) is 9.09. The lowest BCUT2D eigenvalue weighted by Crippen LogP contribution is -2.11. The molecule has 0 heterocycles. The Labute approximate surface area is 77.8 Å². The SMILES string of the molecule is [C-]#[N+]C(C)(C)c1ccccc1Cl. The highest BCUT2D eigenvalue weighted by atomic mass is 35.5. The molecule has 0 radical (unpaired) electrons. The van der Waals surface area contributed by atoms with Crippen LogP contribution >= 0.6 is 11.6 Å². The maximum atomic E-state index is 7.01. The fourth-order valence-corrected chi connectivity index (χ4v) is 1.38. The number of benzene rings is 1. The molecule has 1 rings (SSSR count). The summed E-state index contributed by atoms with van der Waals surface area (Å²) >= 11 is 5.94. The highest BCUT2D eigenvalue weighted by Crippen LogP contribution is 2.30. The second-order valence-corrected chi connectivity index (χ2v) is 3.56. The van der Waals surface area contributed by atoms with Crippen molar-refractivity contribution >= 4 is 11.6 Å². The highest BCUT2D eigenvalue weighted by molar-refractivity contribution is 6.31. The zero-order valence-corrected chi connectivity index (χ0v) is 7.89. The van der Waals surface area contributed by atoms with Crippen molar-refractivity contribution in [2.75, 3.05) is 0 Å². The van der Waals surface area contributed by atoms with Gasteiger partial charge in [-0.25, -0.2) is 6.57 Å². The summed E-state index contributed by atoms with van der Waals surface area (Å²) in [5, 5.41) is 0.665. The molecule has 0 amide bonds. The fourth-order valence-electron chi connectivity index (χ4n) is 1.02. The number of halogens is 1. The van der Waals surface area contributed by atoms with Gasteiger partial charge in [0.1, 0.15) is 0 Å². The first-order valence-electron chi connectivity index (χ1n) is 3.71. The third kappa shape index (κ3) is 1.60. The van der Waals surface area contributed by atoms with E-state index in [1.807, 2.05) is 38.1 Å². The third-order valence-corrected chi connectivity index (χ3v) is 2.14. The van der Waals surface area contributed by atoms with Gasteiger partial charge >= 0.3 is 0 Å². The van der Waals surface area contributed by atoms with Crippen LogP contribution in [0, 0.1) is 6.57 Å². The number of nitrogens with zero attached hydrogens (tertiary/aromatic N) is 1. The van der Waals surface area contributed by atoms with E-state index in [4.69, 9.17) is 18.2 Å². The highest BCUT2D eigenvalue weighted by Gasteiger charge is 2.27. The van der Waals surface area contributed by atoms with Gasteiger partial charge in [-0.15, -0.1) is 0 Å². The van der Waals surface area contributed by atoms with Gasteiger partial charge in [0.2, 0.25) is 0 Å². The molecule has 0 fully saturated rings. The molecule has 0 aliphatic rings. The van der Waals surface area contributed by atoms with E-state index in [1.54, 1.807) is 0 Å². The number of rotatable bonds is 1. The standard InChI is InChI=1S/C10H10ClN/c1-10(2,12-3)8-6-4-5-7-9(8)11/h4-7H,1-2H3. The third-order valence-electron chi connectivity index (χ3n) is 1.81. The second-order valence-electron chi connectivity index (χ2n) is 3.15. The van der Waals surface area contributed by atoms with Crippen LogP contribution in [0.1, 0.15) is 19.4 Å². The first-order chi connectivity index (χ1) is 5.58. The van der Waals surface area contributed by atoms with Gasteiger partial charge in [0, 0.05) is 13.8 Å². The molecule has 1 aromatic carbocycles. The topological polar surface area (TPSA) is 4.36 Å². The number of hydrogen-bond acceptors (Lipinski definition) is 0. The molecule has 12 heavy (non-hydrogen) atoms. The summed E-state index contributed by atoms with van der Waals surface area (Å²) in [4.78, 5) is 3.52. The lowest BCUT2D eigenvalue weighted by atomic mass is 9.95. The molecule has 2 heteroatoms. The van der Waals surface area contributed by atoms with Crippen LogP contribution in [-0.2, 0) is 5.54 Å². The Kier molecular flexibility index (Phi) is 2.40. The average Bonchev–Trinajstić information content (AvgIpc) is 2.05. The zero-order chi connectivity index (χ0) is 9.19. The van der Waals surface area contributed by atoms with E-state index < -0.39 is 5.54 Å². The Bertz CT molecular complexity index is 323. The van der Waals surface area contributed by atoms with E-state index in [-0.39, 0.29) is 0 Å². The van der Waals surface area contributed by atoms with E-state index >= 15 is 0 Å². The lowest BCUT2D eigenvalue weighted by molar-refractivity contribution is 0.664. The van der Waals surface area contributed by atoms with Crippen molar-refractivity contribution in [3.63, 3.8) is 0 Å². The smallest absolute Gasteiger partial charge is 0.253 e. The predicted molar refractivity (Wildman–Crippen MR) is 51.1 cm³/mol. The maximum Gasteiger partial charge on any atom is 0.253 e. The van der Waals surface area contributed by atoms with Gasteiger partial charge in [-0.3, -0.25) is 0 Å². The molecule has 0 saturated heterocycles. The minimum atomic E-state index is -0.516. The minimum Gasteiger partial charge on any atom is -0.306 e. The van der Waals surface area contributed by atoms with Crippen LogP contribution in [0.2, 0.25) is 5.02 Å². The summed E-state index contributed by atoms with van der Waals surface area (Å²) < 4.78 is 0. The molecule has 0 unspecified atom stereocenters. The van der Waals surface area contributed by atoms with Crippen molar-refractivity contribution in [1.82, 2.24) is 0 Å². The summed E-state index contributed by atoms with van der Waals surface area (Å²) in [5.41, 5.74) is 0.375. The van der Waals surface area contributed by atoms with Gasteiger partial charge in [-0.2, -0.15) is 0 Å². The summed E-state index contributed by atoms with van der Waals surface area (Å²) in [6.45, 7) is 10.7. The van der Waals surface area contributed by atoms with Crippen molar-refractivity contribution in [2.45, 2.75) is 19.4 Å². The normalized spacial score (nSPS) is 10.8. The molecule has 0 aliphatic carbocycles. The zero-order valence-electron chi connectivity index (χ0n) is 7.13. The Morgan fingerprint density at radius 1 is 1.33 bits per heavy atom. The van der Waals surface area contributed by atoms with E-state index in [2.05, 4.69) is 4.85 Å². The molecular weight excluding hydrogens is 170 g/mol. The molecule has 0 bridgehead atoms. The van der Waals surface area contributed by atoms with E-state index in [9.17, 15) is 0 Å². The van der Waals surface area contributed by atoms with Crippen molar-refractivity contribution in [1.29, 1.82) is 0 Å². The molecule has 0 aliphatic heterocycles. The second kappa shape index (κ2) is 3.16. The van der Waals surface area contributed by atoms with Crippen LogP contribution in [0.3, 0.4) is 0 Å². The quantitative estimate of drug-likeness (QED) is 0.582. The van der Waals surface area contributed by atoms with Crippen molar-refractivity contribution in [2.24, 2.45) is 0 Å². The van der Waals surface area contributed by atoms with Gasteiger partial charge in [-0.1, -0.05) is 23.7 Å². The van der Waals surface area contributed by atoms with Crippen molar-refractivity contribution in [3.05, 3.63) is 46.3 Å².